The standard InChI is InChI=1S/C20H16FNO3/c21-15-11-13-16(14-12-15)22-19(23)20(24-17-7-3-1-4-8-17)25-18-9-5-2-6-10-18/h1-14,20H,(H,22,23). The molecule has 0 heterocycles. The van der Waals surface area contributed by atoms with E-state index in [4.69, 9.17) is 9.47 Å². The van der Waals surface area contributed by atoms with Crippen molar-refractivity contribution < 1.29 is 18.7 Å². The summed E-state index contributed by atoms with van der Waals surface area (Å²) in [6.45, 7) is 0. The molecule has 0 aliphatic rings. The van der Waals surface area contributed by atoms with E-state index in [1.165, 1.54) is 24.3 Å². The fourth-order valence-corrected chi connectivity index (χ4v) is 2.11. The zero-order valence-electron chi connectivity index (χ0n) is 13.3. The number of ether oxygens (including phenoxy) is 2. The van der Waals surface area contributed by atoms with E-state index in [1.807, 2.05) is 12.1 Å². The third-order valence-electron chi connectivity index (χ3n) is 3.30. The van der Waals surface area contributed by atoms with Crippen LogP contribution in [0.5, 0.6) is 11.5 Å². The summed E-state index contributed by atoms with van der Waals surface area (Å²) >= 11 is 0. The minimum Gasteiger partial charge on any atom is -0.446 e. The summed E-state index contributed by atoms with van der Waals surface area (Å²) in [5.41, 5.74) is 0.449. The number of carbonyl (C=O) groups excluding carboxylic acids is 1. The Kier molecular flexibility index (Phi) is 5.26. The van der Waals surface area contributed by atoms with Crippen molar-refractivity contribution in [3.8, 4) is 11.5 Å². The average Bonchev–Trinajstić information content (AvgIpc) is 2.65. The minimum absolute atomic E-state index is 0.379. The van der Waals surface area contributed by atoms with Crippen molar-refractivity contribution in [2.24, 2.45) is 0 Å². The van der Waals surface area contributed by atoms with Gasteiger partial charge in [-0.2, -0.15) is 0 Å². The van der Waals surface area contributed by atoms with E-state index in [0.717, 1.165) is 0 Å². The number of carbonyl (C=O) groups is 1. The van der Waals surface area contributed by atoms with Crippen LogP contribution in [0.1, 0.15) is 0 Å². The second-order valence-electron chi connectivity index (χ2n) is 5.19. The molecule has 0 atom stereocenters. The van der Waals surface area contributed by atoms with Gasteiger partial charge in [-0.1, -0.05) is 36.4 Å². The summed E-state index contributed by atoms with van der Waals surface area (Å²) in [7, 11) is 0. The van der Waals surface area contributed by atoms with Crippen LogP contribution in [-0.4, -0.2) is 12.2 Å². The van der Waals surface area contributed by atoms with Gasteiger partial charge in [-0.3, -0.25) is 4.79 Å². The third-order valence-corrected chi connectivity index (χ3v) is 3.30. The molecule has 0 aliphatic heterocycles. The molecule has 0 saturated heterocycles. The van der Waals surface area contributed by atoms with Crippen molar-refractivity contribution in [2.75, 3.05) is 5.32 Å². The summed E-state index contributed by atoms with van der Waals surface area (Å²) in [4.78, 5) is 12.6. The fourth-order valence-electron chi connectivity index (χ4n) is 2.11. The van der Waals surface area contributed by atoms with Crippen LogP contribution in [0, 0.1) is 5.82 Å². The van der Waals surface area contributed by atoms with Crippen LogP contribution in [0.2, 0.25) is 0 Å². The molecule has 0 saturated carbocycles. The molecule has 0 spiro atoms. The first-order valence-electron chi connectivity index (χ1n) is 7.70. The van der Waals surface area contributed by atoms with E-state index in [-0.39, 0.29) is 5.82 Å². The monoisotopic (exact) mass is 337 g/mol. The Balaban J connectivity index is 1.76. The molecule has 0 unspecified atom stereocenters. The van der Waals surface area contributed by atoms with Crippen molar-refractivity contribution in [3.05, 3.63) is 90.7 Å². The molecule has 4 nitrogen and oxygen atoms in total. The largest absolute Gasteiger partial charge is 0.446 e. The molecule has 1 N–H and O–H groups in total. The Labute approximate surface area is 144 Å². The Morgan fingerprint density at radius 1 is 0.760 bits per heavy atom. The normalized spacial score (nSPS) is 10.3. The number of halogens is 1. The van der Waals surface area contributed by atoms with E-state index < -0.39 is 12.2 Å². The summed E-state index contributed by atoms with van der Waals surface area (Å²) in [5.74, 6) is 0.116. The van der Waals surface area contributed by atoms with E-state index in [1.54, 1.807) is 48.5 Å². The van der Waals surface area contributed by atoms with Gasteiger partial charge in [0.25, 0.3) is 0 Å². The van der Waals surface area contributed by atoms with Crippen LogP contribution in [0.25, 0.3) is 0 Å². The van der Waals surface area contributed by atoms with Crippen molar-refractivity contribution in [3.63, 3.8) is 0 Å². The van der Waals surface area contributed by atoms with Gasteiger partial charge in [-0.15, -0.1) is 0 Å². The average molecular weight is 337 g/mol. The number of para-hydroxylation sites is 2. The molecule has 3 rings (SSSR count). The molecule has 1 amide bonds. The zero-order chi connectivity index (χ0) is 17.5. The Morgan fingerprint density at radius 3 is 1.72 bits per heavy atom. The molecule has 0 aliphatic carbocycles. The smallest absolute Gasteiger partial charge is 0.321 e. The summed E-state index contributed by atoms with van der Waals surface area (Å²) in [6, 6.07) is 23.3. The van der Waals surface area contributed by atoms with Crippen molar-refractivity contribution in [1.82, 2.24) is 0 Å². The van der Waals surface area contributed by atoms with Gasteiger partial charge in [0.2, 0.25) is 0 Å². The van der Waals surface area contributed by atoms with Gasteiger partial charge >= 0.3 is 12.2 Å². The van der Waals surface area contributed by atoms with Crippen LogP contribution in [-0.2, 0) is 4.79 Å². The summed E-state index contributed by atoms with van der Waals surface area (Å²) in [5, 5.41) is 2.65. The number of hydrogen-bond donors (Lipinski definition) is 1. The van der Waals surface area contributed by atoms with Gasteiger partial charge in [0, 0.05) is 5.69 Å². The summed E-state index contributed by atoms with van der Waals surface area (Å²) in [6.07, 6.45) is -1.20. The molecule has 25 heavy (non-hydrogen) atoms. The van der Waals surface area contributed by atoms with Gasteiger partial charge in [0.1, 0.15) is 17.3 Å². The highest BCUT2D eigenvalue weighted by Gasteiger charge is 2.23. The molecule has 3 aromatic rings. The maximum Gasteiger partial charge on any atom is 0.321 e. The molecule has 3 aromatic carbocycles. The summed E-state index contributed by atoms with van der Waals surface area (Å²) < 4.78 is 24.3. The van der Waals surface area contributed by atoms with Gasteiger partial charge in [0.15, 0.2) is 0 Å². The van der Waals surface area contributed by atoms with E-state index in [0.29, 0.717) is 17.2 Å². The predicted molar refractivity (Wildman–Crippen MR) is 93.0 cm³/mol. The lowest BCUT2D eigenvalue weighted by Crippen LogP contribution is -2.38. The number of amides is 1. The Bertz CT molecular complexity index is 766. The van der Waals surface area contributed by atoms with Crippen LogP contribution in [0.3, 0.4) is 0 Å². The van der Waals surface area contributed by atoms with Crippen molar-refractivity contribution in [1.29, 1.82) is 0 Å². The van der Waals surface area contributed by atoms with Crippen LogP contribution in [0.15, 0.2) is 84.9 Å². The van der Waals surface area contributed by atoms with E-state index in [2.05, 4.69) is 5.32 Å². The molecule has 0 bridgehead atoms. The number of benzene rings is 3. The fraction of sp³-hybridized carbons (Fsp3) is 0.0500. The molecular formula is C20H16FNO3. The third kappa shape index (κ3) is 4.81. The van der Waals surface area contributed by atoms with Crippen molar-refractivity contribution in [2.45, 2.75) is 6.29 Å². The highest BCUT2D eigenvalue weighted by molar-refractivity contribution is 5.93. The van der Waals surface area contributed by atoms with Crippen LogP contribution in [0.4, 0.5) is 10.1 Å². The van der Waals surface area contributed by atoms with Crippen LogP contribution >= 0.6 is 0 Å². The quantitative estimate of drug-likeness (QED) is 0.684. The maximum absolute atomic E-state index is 13.0. The number of hydrogen-bond acceptors (Lipinski definition) is 3. The lowest BCUT2D eigenvalue weighted by atomic mass is 10.3. The van der Waals surface area contributed by atoms with Crippen molar-refractivity contribution >= 4 is 11.6 Å². The number of nitrogens with one attached hydrogen (secondary N) is 1. The lowest BCUT2D eigenvalue weighted by molar-refractivity contribution is -0.134. The van der Waals surface area contributed by atoms with Gasteiger partial charge < -0.3 is 14.8 Å². The lowest BCUT2D eigenvalue weighted by Gasteiger charge is -2.20. The topological polar surface area (TPSA) is 47.6 Å². The second-order valence-corrected chi connectivity index (χ2v) is 5.19. The first-order chi connectivity index (χ1) is 12.2. The molecule has 126 valence electrons. The van der Waals surface area contributed by atoms with Gasteiger partial charge in [-0.25, -0.2) is 4.39 Å². The zero-order valence-corrected chi connectivity index (χ0v) is 13.3. The first-order valence-corrected chi connectivity index (χ1v) is 7.70. The Hall–Kier alpha value is -3.34. The van der Waals surface area contributed by atoms with Gasteiger partial charge in [0.05, 0.1) is 0 Å². The number of anilines is 1. The highest BCUT2D eigenvalue weighted by atomic mass is 19.1. The first kappa shape index (κ1) is 16.5. The molecule has 0 aromatic heterocycles. The highest BCUT2D eigenvalue weighted by Crippen LogP contribution is 2.17. The Morgan fingerprint density at radius 2 is 1.24 bits per heavy atom. The van der Waals surface area contributed by atoms with E-state index in [9.17, 15) is 9.18 Å². The molecular weight excluding hydrogens is 321 g/mol. The predicted octanol–water partition coefficient (Wildman–Crippen LogP) is 4.25. The molecule has 5 heteroatoms. The van der Waals surface area contributed by atoms with E-state index >= 15 is 0 Å². The minimum atomic E-state index is -1.20. The maximum atomic E-state index is 13.0. The molecule has 0 fully saturated rings. The molecule has 0 radical (unpaired) electrons. The second kappa shape index (κ2) is 7.97. The SMILES string of the molecule is O=C(Nc1ccc(F)cc1)C(Oc1ccccc1)Oc1ccccc1. The van der Waals surface area contributed by atoms with Crippen LogP contribution < -0.4 is 14.8 Å². The van der Waals surface area contributed by atoms with Gasteiger partial charge in [-0.05, 0) is 48.5 Å². The number of rotatable bonds is 6.